The number of fused-ring (bicyclic) bond motifs is 3. The van der Waals surface area contributed by atoms with E-state index in [1.165, 1.54) is 30.3 Å². The third-order valence-corrected chi connectivity index (χ3v) is 5.28. The Hall–Kier alpha value is -4.47. The van der Waals surface area contributed by atoms with E-state index in [1.54, 1.807) is 25.3 Å². The molecule has 0 amide bonds. The summed E-state index contributed by atoms with van der Waals surface area (Å²) in [6, 6.07) is 9.81. The molecule has 3 N–H and O–H groups in total. The first-order valence-corrected chi connectivity index (χ1v) is 9.93. The third kappa shape index (κ3) is 3.61. The Kier molecular flexibility index (Phi) is 4.89. The molecule has 2 aromatic carbocycles. The van der Waals surface area contributed by atoms with Crippen LogP contribution in [0.15, 0.2) is 53.7 Å². The van der Waals surface area contributed by atoms with Crippen molar-refractivity contribution >= 4 is 23.3 Å². The first-order valence-electron chi connectivity index (χ1n) is 9.93. The van der Waals surface area contributed by atoms with Crippen molar-refractivity contribution in [2.45, 2.75) is 13.5 Å². The lowest BCUT2D eigenvalue weighted by atomic mass is 9.98. The summed E-state index contributed by atoms with van der Waals surface area (Å²) in [6.07, 6.45) is 1.58. The highest BCUT2D eigenvalue weighted by Gasteiger charge is 2.28. The summed E-state index contributed by atoms with van der Waals surface area (Å²) in [4.78, 5) is 24.4. The van der Waals surface area contributed by atoms with Gasteiger partial charge in [0.1, 0.15) is 11.6 Å². The number of hydrogen-bond donors (Lipinski definition) is 3. The van der Waals surface area contributed by atoms with Gasteiger partial charge in [-0.25, -0.2) is 23.5 Å². The molecule has 0 atom stereocenters. The van der Waals surface area contributed by atoms with Crippen molar-refractivity contribution in [3.8, 4) is 11.4 Å². The summed E-state index contributed by atoms with van der Waals surface area (Å²) in [6.45, 7) is 1.84. The van der Waals surface area contributed by atoms with Crippen molar-refractivity contribution in [2.24, 2.45) is 4.99 Å². The quantitative estimate of drug-likeness (QED) is 0.432. The number of hydrogen-bond acceptors (Lipinski definition) is 6. The monoisotopic (exact) mass is 446 g/mol. The SMILES string of the molecule is Cc1n[nH]c2c1C(c1c(F)cccc1F)=NCc1cnc(Nc3ccc(C(=O)O)cc3)nc1-2. The van der Waals surface area contributed by atoms with Crippen LogP contribution < -0.4 is 5.32 Å². The normalized spacial score (nSPS) is 12.4. The number of rotatable bonds is 4. The van der Waals surface area contributed by atoms with Crippen LogP contribution >= 0.6 is 0 Å². The molecule has 0 radical (unpaired) electrons. The Morgan fingerprint density at radius 3 is 2.52 bits per heavy atom. The number of aromatic nitrogens is 4. The molecule has 3 heterocycles. The molecule has 0 unspecified atom stereocenters. The minimum atomic E-state index is -1.02. The van der Waals surface area contributed by atoms with Gasteiger partial charge in [-0.3, -0.25) is 10.1 Å². The molecule has 4 aromatic rings. The summed E-state index contributed by atoms with van der Waals surface area (Å²) >= 11 is 0. The van der Waals surface area contributed by atoms with Crippen molar-refractivity contribution in [1.82, 2.24) is 20.2 Å². The number of anilines is 2. The Morgan fingerprint density at radius 1 is 1.09 bits per heavy atom. The molecule has 0 spiro atoms. The fourth-order valence-corrected chi connectivity index (χ4v) is 3.69. The van der Waals surface area contributed by atoms with E-state index in [1.807, 2.05) is 0 Å². The number of nitrogens with zero attached hydrogens (tertiary/aromatic N) is 4. The Balaban J connectivity index is 1.57. The molecular weight excluding hydrogens is 430 g/mol. The molecule has 164 valence electrons. The van der Waals surface area contributed by atoms with Gasteiger partial charge in [-0.2, -0.15) is 5.10 Å². The number of benzene rings is 2. The van der Waals surface area contributed by atoms with Crippen LogP contribution in [-0.4, -0.2) is 37.0 Å². The smallest absolute Gasteiger partial charge is 0.335 e. The summed E-state index contributed by atoms with van der Waals surface area (Å²) in [5, 5.41) is 19.2. The Labute approximate surface area is 186 Å². The van der Waals surface area contributed by atoms with Crippen LogP contribution in [0.3, 0.4) is 0 Å². The van der Waals surface area contributed by atoms with Crippen molar-refractivity contribution in [3.63, 3.8) is 0 Å². The first-order chi connectivity index (χ1) is 15.9. The molecule has 10 heteroatoms. The highest BCUT2D eigenvalue weighted by molar-refractivity contribution is 6.17. The second-order valence-corrected chi connectivity index (χ2v) is 7.40. The number of carbonyl (C=O) groups is 1. The highest BCUT2D eigenvalue weighted by atomic mass is 19.1. The van der Waals surface area contributed by atoms with Gasteiger partial charge in [-0.15, -0.1) is 0 Å². The fourth-order valence-electron chi connectivity index (χ4n) is 3.69. The predicted molar refractivity (Wildman–Crippen MR) is 117 cm³/mol. The Morgan fingerprint density at radius 2 is 1.82 bits per heavy atom. The van der Waals surface area contributed by atoms with Crippen molar-refractivity contribution < 1.29 is 18.7 Å². The van der Waals surface area contributed by atoms with Gasteiger partial charge in [0.2, 0.25) is 5.95 Å². The van der Waals surface area contributed by atoms with Gasteiger partial charge < -0.3 is 10.4 Å². The lowest BCUT2D eigenvalue weighted by Gasteiger charge is -2.10. The van der Waals surface area contributed by atoms with Gasteiger partial charge in [0.15, 0.2) is 0 Å². The standard InChI is InChI=1S/C23H16F2N6O2/c1-11-17-20(18-15(24)3-2-4-16(18)25)26-9-13-10-27-23(29-19(13)21(17)31-30-11)28-14-7-5-12(6-8-14)22(32)33/h2-8,10H,9H2,1H3,(H,30,31)(H,32,33)(H,27,28,29). The van der Waals surface area contributed by atoms with Gasteiger partial charge in [0, 0.05) is 17.4 Å². The van der Waals surface area contributed by atoms with E-state index in [-0.39, 0.29) is 29.3 Å². The van der Waals surface area contributed by atoms with E-state index < -0.39 is 17.6 Å². The Bertz CT molecular complexity index is 1410. The number of aryl methyl sites for hydroxylation is 1. The molecule has 5 rings (SSSR count). The van der Waals surface area contributed by atoms with E-state index >= 15 is 0 Å². The predicted octanol–water partition coefficient (Wildman–Crippen LogP) is 4.25. The molecule has 0 fully saturated rings. The fraction of sp³-hybridized carbons (Fsp3) is 0.0870. The van der Waals surface area contributed by atoms with Crippen LogP contribution in [0.2, 0.25) is 0 Å². The van der Waals surface area contributed by atoms with E-state index in [2.05, 4.69) is 30.5 Å². The molecule has 0 saturated carbocycles. The molecule has 0 bridgehead atoms. The van der Waals surface area contributed by atoms with Crippen molar-refractivity contribution in [2.75, 3.05) is 5.32 Å². The molecular formula is C23H16F2N6O2. The molecule has 0 saturated heterocycles. The van der Waals surface area contributed by atoms with Crippen LogP contribution in [0, 0.1) is 18.6 Å². The molecule has 1 aliphatic rings. The van der Waals surface area contributed by atoms with E-state index in [9.17, 15) is 13.6 Å². The van der Waals surface area contributed by atoms with Gasteiger partial charge in [-0.05, 0) is 43.3 Å². The van der Waals surface area contributed by atoms with Crippen LogP contribution in [0.1, 0.15) is 32.7 Å². The molecule has 8 nitrogen and oxygen atoms in total. The topological polar surface area (TPSA) is 116 Å². The van der Waals surface area contributed by atoms with Crippen molar-refractivity contribution in [3.05, 3.63) is 88.2 Å². The second-order valence-electron chi connectivity index (χ2n) is 7.40. The number of aromatic amines is 1. The average molecular weight is 446 g/mol. The second kappa shape index (κ2) is 7.90. The maximum Gasteiger partial charge on any atom is 0.335 e. The summed E-state index contributed by atoms with van der Waals surface area (Å²) in [7, 11) is 0. The zero-order valence-corrected chi connectivity index (χ0v) is 17.2. The molecule has 0 aliphatic carbocycles. The summed E-state index contributed by atoms with van der Waals surface area (Å²) in [5.74, 6) is -2.20. The number of nitrogens with one attached hydrogen (secondary N) is 2. The molecule has 1 aliphatic heterocycles. The number of H-pyrrole nitrogens is 1. The van der Waals surface area contributed by atoms with Crippen LogP contribution in [0.4, 0.5) is 20.4 Å². The van der Waals surface area contributed by atoms with Gasteiger partial charge >= 0.3 is 5.97 Å². The zero-order valence-electron chi connectivity index (χ0n) is 17.2. The van der Waals surface area contributed by atoms with Crippen LogP contribution in [-0.2, 0) is 6.54 Å². The number of aromatic carboxylic acids is 1. The highest BCUT2D eigenvalue weighted by Crippen LogP contribution is 2.33. The minimum absolute atomic E-state index is 0.119. The largest absolute Gasteiger partial charge is 0.478 e. The minimum Gasteiger partial charge on any atom is -0.478 e. The van der Waals surface area contributed by atoms with Crippen LogP contribution in [0.5, 0.6) is 0 Å². The number of aliphatic imine (C=N–C) groups is 1. The molecule has 33 heavy (non-hydrogen) atoms. The number of carboxylic acids is 1. The van der Waals surface area contributed by atoms with E-state index in [0.29, 0.717) is 33.9 Å². The van der Waals surface area contributed by atoms with Gasteiger partial charge in [0.05, 0.1) is 46.0 Å². The zero-order chi connectivity index (χ0) is 23.1. The number of carboxylic acid groups (broad SMARTS) is 1. The third-order valence-electron chi connectivity index (χ3n) is 5.28. The van der Waals surface area contributed by atoms with E-state index in [0.717, 1.165) is 0 Å². The van der Waals surface area contributed by atoms with Crippen molar-refractivity contribution in [1.29, 1.82) is 0 Å². The molecule has 2 aromatic heterocycles. The van der Waals surface area contributed by atoms with Gasteiger partial charge in [0.25, 0.3) is 0 Å². The maximum atomic E-state index is 14.6. The lowest BCUT2D eigenvalue weighted by Crippen LogP contribution is -2.10. The lowest BCUT2D eigenvalue weighted by molar-refractivity contribution is 0.0697. The van der Waals surface area contributed by atoms with Gasteiger partial charge in [-0.1, -0.05) is 6.07 Å². The van der Waals surface area contributed by atoms with Crippen LogP contribution in [0.25, 0.3) is 11.4 Å². The number of halogens is 2. The first kappa shape index (κ1) is 20.4. The van der Waals surface area contributed by atoms with E-state index in [4.69, 9.17) is 5.11 Å². The maximum absolute atomic E-state index is 14.6. The summed E-state index contributed by atoms with van der Waals surface area (Å²) in [5.41, 5.74) is 3.31. The summed E-state index contributed by atoms with van der Waals surface area (Å²) < 4.78 is 29.2. The average Bonchev–Trinajstić information content (AvgIpc) is 3.09.